The zero-order chi connectivity index (χ0) is 31.7. The molecule has 0 spiro atoms. The van der Waals surface area contributed by atoms with Crippen LogP contribution in [0.3, 0.4) is 0 Å². The van der Waals surface area contributed by atoms with Gasteiger partial charge in [0.25, 0.3) is 0 Å². The van der Waals surface area contributed by atoms with Gasteiger partial charge in [-0.25, -0.2) is 4.79 Å². The van der Waals surface area contributed by atoms with Crippen molar-refractivity contribution < 1.29 is 39.3 Å². The number of carbonyl (C=O) groups excluding carboxylic acids is 3. The summed E-state index contributed by atoms with van der Waals surface area (Å²) in [6.45, 7) is 3.64. The molecule has 1 aromatic heterocycles. The number of aromatic hydroxyl groups is 1. The molecule has 2 aromatic carbocycles. The maximum atomic E-state index is 13.3. The Bertz CT molecular complexity index is 1450. The van der Waals surface area contributed by atoms with Crippen LogP contribution in [0, 0.1) is 5.92 Å². The fraction of sp³-hybridized carbons (Fsp3) is 0.367. The van der Waals surface area contributed by atoms with Gasteiger partial charge in [0.15, 0.2) is 0 Å². The third-order valence-corrected chi connectivity index (χ3v) is 6.79. The average Bonchev–Trinajstić information content (AvgIpc) is 3.35. The lowest BCUT2D eigenvalue weighted by Gasteiger charge is -2.25. The molecule has 0 fully saturated rings. The first-order chi connectivity index (χ1) is 20.3. The maximum Gasteiger partial charge on any atom is 0.326 e. The first-order valence-corrected chi connectivity index (χ1v) is 13.8. The number of para-hydroxylation sites is 1. The third-order valence-electron chi connectivity index (χ3n) is 6.79. The Morgan fingerprint density at radius 2 is 1.42 bits per heavy atom. The molecule has 3 rings (SSSR count). The number of aromatic nitrogens is 1. The topological polar surface area (TPSA) is 224 Å². The summed E-state index contributed by atoms with van der Waals surface area (Å²) in [6.07, 6.45) is 1.13. The molecule has 0 radical (unpaired) electrons. The maximum absolute atomic E-state index is 13.3. The van der Waals surface area contributed by atoms with Crippen LogP contribution in [0.4, 0.5) is 0 Å². The van der Waals surface area contributed by atoms with Gasteiger partial charge in [0.1, 0.15) is 23.9 Å². The van der Waals surface area contributed by atoms with E-state index in [0.29, 0.717) is 5.56 Å². The van der Waals surface area contributed by atoms with E-state index in [1.165, 1.54) is 24.3 Å². The number of phenols is 1. The van der Waals surface area contributed by atoms with Crippen molar-refractivity contribution in [1.29, 1.82) is 0 Å². The molecule has 0 saturated heterocycles. The number of carbonyl (C=O) groups is 5. The van der Waals surface area contributed by atoms with Crippen molar-refractivity contribution >= 4 is 40.6 Å². The van der Waals surface area contributed by atoms with Gasteiger partial charge in [0, 0.05) is 23.5 Å². The smallest absolute Gasteiger partial charge is 0.326 e. The summed E-state index contributed by atoms with van der Waals surface area (Å²) in [7, 11) is 0. The van der Waals surface area contributed by atoms with E-state index in [1.807, 2.05) is 38.1 Å². The first kappa shape index (κ1) is 32.6. The predicted octanol–water partition coefficient (Wildman–Crippen LogP) is 1.05. The highest BCUT2D eigenvalue weighted by Crippen LogP contribution is 2.19. The van der Waals surface area contributed by atoms with Gasteiger partial charge < -0.3 is 42.0 Å². The number of carboxylic acid groups (broad SMARTS) is 2. The second kappa shape index (κ2) is 14.8. The molecule has 0 bridgehead atoms. The summed E-state index contributed by atoms with van der Waals surface area (Å²) >= 11 is 0. The molecular formula is C30H37N5O8. The zero-order valence-electron chi connectivity index (χ0n) is 23.9. The summed E-state index contributed by atoms with van der Waals surface area (Å²) in [4.78, 5) is 65.8. The molecule has 3 aromatic rings. The molecule has 9 N–H and O–H groups in total. The second-order valence-electron chi connectivity index (χ2n) is 10.8. The van der Waals surface area contributed by atoms with Crippen LogP contribution in [0.15, 0.2) is 54.7 Å². The monoisotopic (exact) mass is 595 g/mol. The van der Waals surface area contributed by atoms with Crippen molar-refractivity contribution in [2.75, 3.05) is 0 Å². The number of phenolic OH excluding ortho intramolecular Hbond substituents is 1. The fourth-order valence-corrected chi connectivity index (χ4v) is 4.61. The van der Waals surface area contributed by atoms with Crippen molar-refractivity contribution in [3.63, 3.8) is 0 Å². The number of rotatable bonds is 15. The van der Waals surface area contributed by atoms with E-state index in [1.54, 1.807) is 6.20 Å². The van der Waals surface area contributed by atoms with Crippen LogP contribution < -0.4 is 21.7 Å². The SMILES string of the molecule is CC(C)CC(NC(=O)C(N)Cc1c[nH]c2ccccc12)C(=O)NC(CC(=O)O)C(=O)NC(Cc1ccc(O)cc1)C(=O)O. The highest BCUT2D eigenvalue weighted by molar-refractivity contribution is 5.96. The number of nitrogens with one attached hydrogen (secondary N) is 4. The van der Waals surface area contributed by atoms with Crippen molar-refractivity contribution in [2.45, 2.75) is 63.7 Å². The first-order valence-electron chi connectivity index (χ1n) is 13.8. The molecule has 4 atom stereocenters. The summed E-state index contributed by atoms with van der Waals surface area (Å²) in [5.41, 5.74) is 8.38. The van der Waals surface area contributed by atoms with Crippen molar-refractivity contribution in [3.8, 4) is 5.75 Å². The van der Waals surface area contributed by atoms with Gasteiger partial charge in [-0.1, -0.05) is 44.2 Å². The molecule has 4 unspecified atom stereocenters. The molecule has 230 valence electrons. The lowest BCUT2D eigenvalue weighted by Crippen LogP contribution is -2.58. The highest BCUT2D eigenvalue weighted by atomic mass is 16.4. The van der Waals surface area contributed by atoms with Crippen LogP contribution in [0.25, 0.3) is 10.9 Å². The van der Waals surface area contributed by atoms with Crippen LogP contribution in [-0.4, -0.2) is 74.1 Å². The number of hydrogen-bond acceptors (Lipinski definition) is 7. The predicted molar refractivity (Wildman–Crippen MR) is 157 cm³/mol. The molecule has 0 aliphatic heterocycles. The summed E-state index contributed by atoms with van der Waals surface area (Å²) in [5.74, 6) is -5.32. The van der Waals surface area contributed by atoms with Crippen LogP contribution in [0.5, 0.6) is 5.75 Å². The molecule has 1 heterocycles. The molecule has 3 amide bonds. The molecule has 0 aliphatic carbocycles. The van der Waals surface area contributed by atoms with E-state index in [9.17, 15) is 39.3 Å². The van der Waals surface area contributed by atoms with E-state index in [4.69, 9.17) is 5.73 Å². The van der Waals surface area contributed by atoms with Crippen LogP contribution >= 0.6 is 0 Å². The Kier molecular flexibility index (Phi) is 11.2. The number of H-pyrrole nitrogens is 1. The average molecular weight is 596 g/mol. The zero-order valence-corrected chi connectivity index (χ0v) is 23.9. The number of benzene rings is 2. The van der Waals surface area contributed by atoms with E-state index in [2.05, 4.69) is 20.9 Å². The molecule has 13 heteroatoms. The third kappa shape index (κ3) is 9.57. The number of fused-ring (bicyclic) bond motifs is 1. The quantitative estimate of drug-likeness (QED) is 0.125. The van der Waals surface area contributed by atoms with E-state index >= 15 is 0 Å². The minimum Gasteiger partial charge on any atom is -0.508 e. The highest BCUT2D eigenvalue weighted by Gasteiger charge is 2.32. The Morgan fingerprint density at radius 3 is 2.05 bits per heavy atom. The number of nitrogens with two attached hydrogens (primary N) is 1. The van der Waals surface area contributed by atoms with Crippen LogP contribution in [-0.2, 0) is 36.8 Å². The van der Waals surface area contributed by atoms with Crippen LogP contribution in [0.2, 0.25) is 0 Å². The Labute approximate surface area is 247 Å². The molecule has 0 aliphatic rings. The molecular weight excluding hydrogens is 558 g/mol. The Hall–Kier alpha value is -4.91. The number of aromatic amines is 1. The van der Waals surface area contributed by atoms with E-state index in [0.717, 1.165) is 16.5 Å². The standard InChI is InChI=1S/C30H37N5O8/c1-16(2)11-23(33-27(39)21(31)13-18-15-32-22-6-4-3-5-20(18)22)28(40)34-24(14-26(37)38)29(41)35-25(30(42)43)12-17-7-9-19(36)10-8-17/h3-10,15-16,21,23-25,32,36H,11-14,31H2,1-2H3,(H,33,39)(H,34,40)(H,35,41)(H,37,38)(H,42,43). The molecule has 43 heavy (non-hydrogen) atoms. The minimum absolute atomic E-state index is 0.0224. The van der Waals surface area contributed by atoms with Gasteiger partial charge in [0.05, 0.1) is 12.5 Å². The van der Waals surface area contributed by atoms with Crippen LogP contribution in [0.1, 0.15) is 37.8 Å². The van der Waals surface area contributed by atoms with E-state index < -0.39 is 60.2 Å². The van der Waals surface area contributed by atoms with Gasteiger partial charge in [-0.2, -0.15) is 0 Å². The van der Waals surface area contributed by atoms with Gasteiger partial charge in [-0.15, -0.1) is 0 Å². The van der Waals surface area contributed by atoms with Gasteiger partial charge in [-0.05, 0) is 48.1 Å². The summed E-state index contributed by atoms with van der Waals surface area (Å²) in [6, 6.07) is 8.00. The Morgan fingerprint density at radius 1 is 0.814 bits per heavy atom. The molecule has 0 saturated carbocycles. The number of hydrogen-bond donors (Lipinski definition) is 8. The Balaban J connectivity index is 1.70. The summed E-state index contributed by atoms with van der Waals surface area (Å²) < 4.78 is 0. The van der Waals surface area contributed by atoms with Gasteiger partial charge >= 0.3 is 11.9 Å². The van der Waals surface area contributed by atoms with E-state index in [-0.39, 0.29) is 30.9 Å². The van der Waals surface area contributed by atoms with Crippen molar-refractivity contribution in [2.24, 2.45) is 11.7 Å². The van der Waals surface area contributed by atoms with Crippen molar-refractivity contribution in [3.05, 3.63) is 65.9 Å². The minimum atomic E-state index is -1.63. The van der Waals surface area contributed by atoms with Crippen molar-refractivity contribution in [1.82, 2.24) is 20.9 Å². The second-order valence-corrected chi connectivity index (χ2v) is 10.8. The number of carboxylic acids is 2. The number of amides is 3. The fourth-order valence-electron chi connectivity index (χ4n) is 4.61. The largest absolute Gasteiger partial charge is 0.508 e. The molecule has 13 nitrogen and oxygen atoms in total. The normalized spacial score (nSPS) is 14.0. The van der Waals surface area contributed by atoms with Gasteiger partial charge in [-0.3, -0.25) is 19.2 Å². The number of aliphatic carboxylic acids is 2. The lowest BCUT2D eigenvalue weighted by molar-refractivity contribution is -0.143. The summed E-state index contributed by atoms with van der Waals surface area (Å²) in [5, 5.41) is 36.7. The van der Waals surface area contributed by atoms with Gasteiger partial charge in [0.2, 0.25) is 17.7 Å². The lowest BCUT2D eigenvalue weighted by atomic mass is 10.0.